The number of thiophene rings is 1. The molecule has 0 bridgehead atoms. The van der Waals surface area contributed by atoms with Gasteiger partial charge in [0.2, 0.25) is 5.91 Å². The Kier molecular flexibility index (Phi) is 4.06. The number of hydrogen-bond donors (Lipinski definition) is 2. The van der Waals surface area contributed by atoms with Crippen LogP contribution in [0.5, 0.6) is 0 Å². The van der Waals surface area contributed by atoms with Gasteiger partial charge in [-0.3, -0.25) is 19.1 Å². The number of H-pyrrole nitrogens is 1. The summed E-state index contributed by atoms with van der Waals surface area (Å²) < 4.78 is 0.999. The van der Waals surface area contributed by atoms with Crippen molar-refractivity contribution in [2.45, 2.75) is 13.0 Å². The minimum Gasteiger partial charge on any atom is -0.370 e. The highest BCUT2D eigenvalue weighted by molar-refractivity contribution is 7.17. The van der Waals surface area contributed by atoms with Crippen LogP contribution in [0.15, 0.2) is 39.2 Å². The van der Waals surface area contributed by atoms with Gasteiger partial charge in [0.1, 0.15) is 4.83 Å². The molecule has 1 aromatic carbocycles. The first-order valence-electron chi connectivity index (χ1n) is 6.76. The van der Waals surface area contributed by atoms with Crippen molar-refractivity contribution < 1.29 is 4.79 Å². The summed E-state index contributed by atoms with van der Waals surface area (Å²) in [4.78, 5) is 38.7. The van der Waals surface area contributed by atoms with E-state index in [1.54, 1.807) is 12.1 Å². The molecule has 0 aliphatic carbocycles. The molecule has 0 atom stereocenters. The van der Waals surface area contributed by atoms with Gasteiger partial charge in [0.05, 0.1) is 5.39 Å². The molecule has 0 unspecified atom stereocenters. The maximum absolute atomic E-state index is 12.7. The Morgan fingerprint density at radius 2 is 1.96 bits per heavy atom. The average Bonchev–Trinajstić information content (AvgIpc) is 2.91. The number of rotatable bonds is 4. The number of halogens is 1. The fraction of sp³-hybridized carbons (Fsp3) is 0.133. The van der Waals surface area contributed by atoms with E-state index in [1.165, 1.54) is 11.3 Å². The first kappa shape index (κ1) is 15.5. The standard InChI is InChI=1S/C15H12ClN3O3S/c16-9-3-1-8(2-4-9)10-7-23-13-12(10)14(21)19(15(22)18-13)6-5-11(17)20/h1-4,7H,5-6H2,(H2,17,20)(H,18,22). The van der Waals surface area contributed by atoms with Crippen molar-refractivity contribution in [3.05, 3.63) is 55.5 Å². The van der Waals surface area contributed by atoms with Crippen LogP contribution in [0.1, 0.15) is 6.42 Å². The number of carbonyl (C=O) groups is 1. The molecule has 6 nitrogen and oxygen atoms in total. The van der Waals surface area contributed by atoms with E-state index in [9.17, 15) is 14.4 Å². The molecular formula is C15H12ClN3O3S. The number of primary amides is 1. The number of aromatic nitrogens is 2. The smallest absolute Gasteiger partial charge is 0.329 e. The first-order chi connectivity index (χ1) is 11.0. The van der Waals surface area contributed by atoms with Crippen LogP contribution in [0.4, 0.5) is 0 Å². The Bertz CT molecular complexity index is 1000. The highest BCUT2D eigenvalue weighted by Gasteiger charge is 2.15. The van der Waals surface area contributed by atoms with Crippen molar-refractivity contribution in [1.82, 2.24) is 9.55 Å². The normalized spacial score (nSPS) is 11.0. The summed E-state index contributed by atoms with van der Waals surface area (Å²) in [5.74, 6) is -0.570. The van der Waals surface area contributed by atoms with Crippen LogP contribution in [0, 0.1) is 0 Å². The van der Waals surface area contributed by atoms with Gasteiger partial charge in [0, 0.05) is 28.9 Å². The molecule has 0 saturated heterocycles. The van der Waals surface area contributed by atoms with Gasteiger partial charge in [0.15, 0.2) is 0 Å². The third kappa shape index (κ3) is 2.93. The fourth-order valence-electron chi connectivity index (χ4n) is 2.32. The summed E-state index contributed by atoms with van der Waals surface area (Å²) in [5, 5.41) is 2.82. The van der Waals surface area contributed by atoms with Crippen LogP contribution < -0.4 is 17.0 Å². The highest BCUT2D eigenvalue weighted by atomic mass is 35.5. The first-order valence-corrected chi connectivity index (χ1v) is 8.01. The fourth-order valence-corrected chi connectivity index (χ4v) is 3.40. The van der Waals surface area contributed by atoms with E-state index in [-0.39, 0.29) is 13.0 Å². The van der Waals surface area contributed by atoms with Crippen molar-refractivity contribution in [1.29, 1.82) is 0 Å². The molecule has 3 N–H and O–H groups in total. The Morgan fingerprint density at radius 3 is 2.61 bits per heavy atom. The van der Waals surface area contributed by atoms with Gasteiger partial charge in [-0.05, 0) is 17.7 Å². The van der Waals surface area contributed by atoms with E-state index in [4.69, 9.17) is 17.3 Å². The molecule has 2 heterocycles. The molecule has 1 amide bonds. The third-order valence-corrected chi connectivity index (χ3v) is 4.60. The zero-order valence-corrected chi connectivity index (χ0v) is 13.4. The van der Waals surface area contributed by atoms with Crippen molar-refractivity contribution in [2.75, 3.05) is 0 Å². The predicted octanol–water partition coefficient (Wildman–Crippen LogP) is 1.95. The second-order valence-electron chi connectivity index (χ2n) is 4.96. The molecule has 23 heavy (non-hydrogen) atoms. The number of aromatic amines is 1. The Hall–Kier alpha value is -2.38. The van der Waals surface area contributed by atoms with Gasteiger partial charge in [0.25, 0.3) is 5.56 Å². The number of nitrogens with one attached hydrogen (secondary N) is 1. The van der Waals surface area contributed by atoms with Gasteiger partial charge in [-0.2, -0.15) is 0 Å². The molecule has 2 aromatic heterocycles. The lowest BCUT2D eigenvalue weighted by atomic mass is 10.1. The monoisotopic (exact) mass is 349 g/mol. The summed E-state index contributed by atoms with van der Waals surface area (Å²) in [6.45, 7) is -0.0463. The van der Waals surface area contributed by atoms with Crippen LogP contribution in [0.2, 0.25) is 5.02 Å². The van der Waals surface area contributed by atoms with E-state index in [2.05, 4.69) is 4.98 Å². The number of fused-ring (bicyclic) bond motifs is 1. The van der Waals surface area contributed by atoms with Crippen LogP contribution in [0.25, 0.3) is 21.3 Å². The largest absolute Gasteiger partial charge is 0.370 e. The molecule has 0 fully saturated rings. The van der Waals surface area contributed by atoms with Crippen molar-refractivity contribution >= 4 is 39.1 Å². The maximum atomic E-state index is 12.7. The van der Waals surface area contributed by atoms with Crippen molar-refractivity contribution in [3.63, 3.8) is 0 Å². The van der Waals surface area contributed by atoms with E-state index in [0.29, 0.717) is 15.2 Å². The van der Waals surface area contributed by atoms with Crippen molar-refractivity contribution in [2.24, 2.45) is 5.73 Å². The highest BCUT2D eigenvalue weighted by Crippen LogP contribution is 2.30. The molecule has 3 rings (SSSR count). The zero-order valence-electron chi connectivity index (χ0n) is 11.8. The molecule has 0 radical (unpaired) electrons. The van der Waals surface area contributed by atoms with Gasteiger partial charge >= 0.3 is 5.69 Å². The van der Waals surface area contributed by atoms with Gasteiger partial charge < -0.3 is 5.73 Å². The second kappa shape index (κ2) is 6.02. The van der Waals surface area contributed by atoms with E-state index >= 15 is 0 Å². The Labute approximate surface area is 139 Å². The minimum atomic E-state index is -0.570. The molecular weight excluding hydrogens is 338 g/mol. The average molecular weight is 350 g/mol. The zero-order chi connectivity index (χ0) is 16.6. The van der Waals surface area contributed by atoms with Gasteiger partial charge in [-0.25, -0.2) is 4.79 Å². The number of hydrogen-bond acceptors (Lipinski definition) is 4. The lowest BCUT2D eigenvalue weighted by Gasteiger charge is -2.05. The summed E-state index contributed by atoms with van der Waals surface area (Å²) >= 11 is 7.17. The summed E-state index contributed by atoms with van der Waals surface area (Å²) in [6, 6.07) is 7.08. The van der Waals surface area contributed by atoms with Crippen LogP contribution in [0.3, 0.4) is 0 Å². The summed E-state index contributed by atoms with van der Waals surface area (Å²) in [5.41, 5.74) is 5.65. The summed E-state index contributed by atoms with van der Waals surface area (Å²) in [7, 11) is 0. The van der Waals surface area contributed by atoms with E-state index in [0.717, 1.165) is 15.7 Å². The molecule has 3 aromatic rings. The number of amides is 1. The van der Waals surface area contributed by atoms with E-state index < -0.39 is 17.2 Å². The van der Waals surface area contributed by atoms with Gasteiger partial charge in [-0.1, -0.05) is 23.7 Å². The number of benzene rings is 1. The second-order valence-corrected chi connectivity index (χ2v) is 6.28. The van der Waals surface area contributed by atoms with Crippen molar-refractivity contribution in [3.8, 4) is 11.1 Å². The Morgan fingerprint density at radius 1 is 1.26 bits per heavy atom. The number of carbonyl (C=O) groups excluding carboxylic acids is 1. The topological polar surface area (TPSA) is 97.9 Å². The SMILES string of the molecule is NC(=O)CCn1c(=O)[nH]c2scc(-c3ccc(Cl)cc3)c2c1=O. The Balaban J connectivity index is 2.20. The van der Waals surface area contributed by atoms with Crippen LogP contribution in [-0.4, -0.2) is 15.5 Å². The number of nitrogens with zero attached hydrogens (tertiary/aromatic N) is 1. The van der Waals surface area contributed by atoms with Crippen LogP contribution >= 0.6 is 22.9 Å². The van der Waals surface area contributed by atoms with Gasteiger partial charge in [-0.15, -0.1) is 11.3 Å². The van der Waals surface area contributed by atoms with E-state index in [1.807, 2.05) is 17.5 Å². The lowest BCUT2D eigenvalue weighted by Crippen LogP contribution is -2.35. The molecule has 8 heteroatoms. The molecule has 118 valence electrons. The third-order valence-electron chi connectivity index (χ3n) is 3.45. The maximum Gasteiger partial charge on any atom is 0.329 e. The molecule has 0 saturated carbocycles. The molecule has 0 aliphatic heterocycles. The quantitative estimate of drug-likeness (QED) is 0.753. The molecule has 0 spiro atoms. The summed E-state index contributed by atoms with van der Waals surface area (Å²) in [6.07, 6.45) is -0.0745. The minimum absolute atomic E-state index is 0.0463. The van der Waals surface area contributed by atoms with Crippen LogP contribution in [-0.2, 0) is 11.3 Å². The number of nitrogens with two attached hydrogens (primary N) is 1. The molecule has 0 aliphatic rings. The lowest BCUT2D eigenvalue weighted by molar-refractivity contribution is -0.118. The predicted molar refractivity (Wildman–Crippen MR) is 91.0 cm³/mol.